The number of hydrogen-bond acceptors (Lipinski definition) is 8. The molecule has 2 aliphatic rings. The van der Waals surface area contributed by atoms with Gasteiger partial charge in [-0.1, -0.05) is 6.07 Å². The van der Waals surface area contributed by atoms with Crippen molar-refractivity contribution < 1.29 is 9.47 Å². The maximum absolute atomic E-state index is 5.47. The molecule has 1 aromatic heterocycles. The average molecular weight is 370 g/mol. The molecule has 27 heavy (non-hydrogen) atoms. The molecule has 1 N–H and O–H groups in total. The molecule has 1 aromatic carbocycles. The van der Waals surface area contributed by atoms with E-state index in [1.807, 2.05) is 6.07 Å². The van der Waals surface area contributed by atoms with Crippen molar-refractivity contribution in [2.75, 3.05) is 43.2 Å². The van der Waals surface area contributed by atoms with Gasteiger partial charge in [0, 0.05) is 38.3 Å². The van der Waals surface area contributed by atoms with Gasteiger partial charge in [-0.2, -0.15) is 10.1 Å². The van der Waals surface area contributed by atoms with Crippen LogP contribution in [-0.2, 0) is 6.54 Å². The lowest BCUT2D eigenvalue weighted by atomic mass is 10.1. The van der Waals surface area contributed by atoms with Crippen molar-refractivity contribution in [3.05, 3.63) is 30.0 Å². The molecule has 2 aromatic rings. The number of rotatable bonds is 4. The Kier molecular flexibility index (Phi) is 4.73. The van der Waals surface area contributed by atoms with Gasteiger partial charge in [-0.25, -0.2) is 0 Å². The molecular formula is C19H26N6O2. The topological polar surface area (TPSA) is 75.6 Å². The average Bonchev–Trinajstić information content (AvgIpc) is 3.09. The highest BCUT2D eigenvalue weighted by Gasteiger charge is 2.21. The van der Waals surface area contributed by atoms with Crippen LogP contribution in [0.2, 0.25) is 0 Å². The van der Waals surface area contributed by atoms with Crippen molar-refractivity contribution in [3.63, 3.8) is 0 Å². The van der Waals surface area contributed by atoms with E-state index in [0.29, 0.717) is 12.7 Å². The highest BCUT2D eigenvalue weighted by atomic mass is 16.7. The molecule has 2 aliphatic heterocycles. The van der Waals surface area contributed by atoms with E-state index in [0.717, 1.165) is 50.0 Å². The molecule has 4 rings (SSSR count). The zero-order chi connectivity index (χ0) is 18.9. The number of ether oxygens (including phenoxy) is 2. The van der Waals surface area contributed by atoms with Crippen molar-refractivity contribution in [1.29, 1.82) is 0 Å². The van der Waals surface area contributed by atoms with Gasteiger partial charge in [-0.3, -0.25) is 4.90 Å². The van der Waals surface area contributed by atoms with Gasteiger partial charge in [0.2, 0.25) is 12.7 Å². The predicted molar refractivity (Wildman–Crippen MR) is 103 cm³/mol. The summed E-state index contributed by atoms with van der Waals surface area (Å²) in [5.41, 5.74) is 1.15. The lowest BCUT2D eigenvalue weighted by Gasteiger charge is -2.35. The summed E-state index contributed by atoms with van der Waals surface area (Å²) < 4.78 is 10.9. The quantitative estimate of drug-likeness (QED) is 0.877. The number of hydrogen-bond donors (Lipinski definition) is 1. The van der Waals surface area contributed by atoms with Crippen molar-refractivity contribution in [1.82, 2.24) is 20.1 Å². The van der Waals surface area contributed by atoms with Crippen LogP contribution >= 0.6 is 0 Å². The Balaban J connectivity index is 1.34. The van der Waals surface area contributed by atoms with Crippen molar-refractivity contribution in [3.8, 4) is 11.5 Å². The summed E-state index contributed by atoms with van der Waals surface area (Å²) in [5.74, 6) is 3.12. The molecule has 0 amide bonds. The van der Waals surface area contributed by atoms with Crippen molar-refractivity contribution >= 4 is 11.8 Å². The third-order valence-electron chi connectivity index (χ3n) is 4.57. The monoisotopic (exact) mass is 370 g/mol. The molecule has 1 saturated heterocycles. The normalized spacial score (nSPS) is 17.2. The minimum atomic E-state index is -0.0936. The maximum atomic E-state index is 5.47. The van der Waals surface area contributed by atoms with E-state index < -0.39 is 0 Å². The number of nitrogens with one attached hydrogen (secondary N) is 1. The molecule has 0 unspecified atom stereocenters. The predicted octanol–water partition coefficient (Wildman–Crippen LogP) is 2.13. The number of aromatic nitrogens is 3. The highest BCUT2D eigenvalue weighted by Crippen LogP contribution is 2.32. The van der Waals surface area contributed by atoms with Crippen LogP contribution in [0.5, 0.6) is 11.5 Å². The number of anilines is 2. The molecule has 0 aliphatic carbocycles. The summed E-state index contributed by atoms with van der Waals surface area (Å²) in [4.78, 5) is 9.33. The van der Waals surface area contributed by atoms with E-state index in [1.54, 1.807) is 6.20 Å². The molecule has 1 fully saturated rings. The first-order valence-corrected chi connectivity index (χ1v) is 9.30. The highest BCUT2D eigenvalue weighted by molar-refractivity contribution is 5.45. The Hall–Kier alpha value is -2.61. The lowest BCUT2D eigenvalue weighted by molar-refractivity contribution is 0.174. The third kappa shape index (κ3) is 4.39. The summed E-state index contributed by atoms with van der Waals surface area (Å²) >= 11 is 0. The maximum Gasteiger partial charge on any atom is 0.245 e. The minimum absolute atomic E-state index is 0.0936. The van der Waals surface area contributed by atoms with E-state index in [1.165, 1.54) is 5.56 Å². The van der Waals surface area contributed by atoms with Gasteiger partial charge in [0.05, 0.1) is 6.20 Å². The molecule has 0 saturated carbocycles. The van der Waals surface area contributed by atoms with E-state index in [4.69, 9.17) is 9.47 Å². The number of piperazine rings is 1. The molecule has 144 valence electrons. The van der Waals surface area contributed by atoms with E-state index in [2.05, 4.69) is 63.2 Å². The molecule has 8 nitrogen and oxygen atoms in total. The fourth-order valence-electron chi connectivity index (χ4n) is 3.27. The SMILES string of the molecule is CC(C)(C)Nc1nncc(N2CCN(Cc3ccc4c(c3)OCO4)CC2)n1. The van der Waals surface area contributed by atoms with Crippen LogP contribution in [0.25, 0.3) is 0 Å². The van der Waals surface area contributed by atoms with E-state index in [9.17, 15) is 0 Å². The van der Waals surface area contributed by atoms with Crippen LogP contribution in [0.15, 0.2) is 24.4 Å². The van der Waals surface area contributed by atoms with Gasteiger partial charge in [0.25, 0.3) is 0 Å². The Morgan fingerprint density at radius 1 is 1.07 bits per heavy atom. The van der Waals surface area contributed by atoms with Crippen LogP contribution in [0.4, 0.5) is 11.8 Å². The van der Waals surface area contributed by atoms with E-state index in [-0.39, 0.29) is 5.54 Å². The van der Waals surface area contributed by atoms with Gasteiger partial charge >= 0.3 is 0 Å². The van der Waals surface area contributed by atoms with Crippen LogP contribution < -0.4 is 19.7 Å². The summed E-state index contributed by atoms with van der Waals surface area (Å²) in [6.45, 7) is 11.2. The summed E-state index contributed by atoms with van der Waals surface area (Å²) in [6.07, 6.45) is 1.74. The number of fused-ring (bicyclic) bond motifs is 1. The Labute approximate surface area is 159 Å². The minimum Gasteiger partial charge on any atom is -0.454 e. The summed E-state index contributed by atoms with van der Waals surface area (Å²) in [7, 11) is 0. The van der Waals surface area contributed by atoms with Crippen LogP contribution in [0.3, 0.4) is 0 Å². The molecule has 0 atom stereocenters. The van der Waals surface area contributed by atoms with Crippen LogP contribution in [-0.4, -0.2) is 58.6 Å². The largest absolute Gasteiger partial charge is 0.454 e. The Bertz CT molecular complexity index is 799. The molecule has 8 heteroatoms. The first kappa shape index (κ1) is 17.8. The van der Waals surface area contributed by atoms with E-state index >= 15 is 0 Å². The van der Waals surface area contributed by atoms with Gasteiger partial charge in [0.15, 0.2) is 17.3 Å². The second-order valence-electron chi connectivity index (χ2n) is 7.96. The number of benzene rings is 1. The zero-order valence-corrected chi connectivity index (χ0v) is 16.1. The van der Waals surface area contributed by atoms with Gasteiger partial charge in [-0.05, 0) is 38.5 Å². The first-order chi connectivity index (χ1) is 13.0. The standard InChI is InChI=1S/C19H26N6O2/c1-19(2,3)22-18-21-17(11-20-23-18)25-8-6-24(7-9-25)12-14-4-5-15-16(10-14)27-13-26-15/h4-5,10-11H,6-9,12-13H2,1-3H3,(H,21,22,23). The van der Waals surface area contributed by atoms with Gasteiger partial charge in [0.1, 0.15) is 0 Å². The number of nitrogens with zero attached hydrogens (tertiary/aromatic N) is 5. The molecule has 0 spiro atoms. The smallest absolute Gasteiger partial charge is 0.245 e. The van der Waals surface area contributed by atoms with Gasteiger partial charge < -0.3 is 19.7 Å². The van der Waals surface area contributed by atoms with Crippen molar-refractivity contribution in [2.24, 2.45) is 0 Å². The first-order valence-electron chi connectivity index (χ1n) is 9.30. The van der Waals surface area contributed by atoms with Crippen LogP contribution in [0, 0.1) is 0 Å². The Morgan fingerprint density at radius 3 is 2.63 bits per heavy atom. The van der Waals surface area contributed by atoms with Gasteiger partial charge in [-0.15, -0.1) is 5.10 Å². The third-order valence-corrected chi connectivity index (χ3v) is 4.57. The summed E-state index contributed by atoms with van der Waals surface area (Å²) in [5, 5.41) is 11.5. The second-order valence-corrected chi connectivity index (χ2v) is 7.96. The fraction of sp³-hybridized carbons (Fsp3) is 0.526. The zero-order valence-electron chi connectivity index (χ0n) is 16.1. The molecule has 3 heterocycles. The molecule has 0 radical (unpaired) electrons. The second kappa shape index (κ2) is 7.19. The summed E-state index contributed by atoms with van der Waals surface area (Å²) in [6, 6.07) is 6.18. The fourth-order valence-corrected chi connectivity index (χ4v) is 3.27. The lowest BCUT2D eigenvalue weighted by Crippen LogP contribution is -2.46. The Morgan fingerprint density at radius 2 is 1.85 bits per heavy atom. The van der Waals surface area contributed by atoms with Crippen LogP contribution in [0.1, 0.15) is 26.3 Å². The molecular weight excluding hydrogens is 344 g/mol. The van der Waals surface area contributed by atoms with Crippen molar-refractivity contribution in [2.45, 2.75) is 32.9 Å². The molecule has 0 bridgehead atoms.